The van der Waals surface area contributed by atoms with Gasteiger partial charge in [0.15, 0.2) is 0 Å². The van der Waals surface area contributed by atoms with Crippen molar-refractivity contribution in [2.45, 2.75) is 19.0 Å². The van der Waals surface area contributed by atoms with Crippen molar-refractivity contribution in [3.8, 4) is 0 Å². The predicted octanol–water partition coefficient (Wildman–Crippen LogP) is 3.53. The van der Waals surface area contributed by atoms with Crippen molar-refractivity contribution < 1.29 is 18.0 Å². The van der Waals surface area contributed by atoms with E-state index in [9.17, 15) is 18.0 Å². The van der Waals surface area contributed by atoms with Crippen LogP contribution < -0.4 is 21.3 Å². The van der Waals surface area contributed by atoms with Crippen LogP contribution in [0.15, 0.2) is 54.7 Å². The Balaban J connectivity index is 1.51. The minimum atomic E-state index is -4.58. The summed E-state index contributed by atoms with van der Waals surface area (Å²) in [5.41, 5.74) is 7.06. The van der Waals surface area contributed by atoms with Crippen LogP contribution in [0.25, 0.3) is 0 Å². The Hall–Kier alpha value is -3.66. The van der Waals surface area contributed by atoms with Crippen LogP contribution in [0.4, 0.5) is 30.5 Å². The van der Waals surface area contributed by atoms with Gasteiger partial charge in [-0.25, -0.2) is 9.97 Å². The molecule has 1 amide bonds. The zero-order valence-corrected chi connectivity index (χ0v) is 18.4. The molecule has 0 spiro atoms. The lowest BCUT2D eigenvalue weighted by Gasteiger charge is -2.29. The van der Waals surface area contributed by atoms with Crippen LogP contribution in [-0.4, -0.2) is 42.1 Å². The fraction of sp³-hybridized carbons (Fsp3) is 0.292. The van der Waals surface area contributed by atoms with Crippen LogP contribution in [0.2, 0.25) is 0 Å². The van der Waals surface area contributed by atoms with Crippen LogP contribution in [0.3, 0.4) is 0 Å². The van der Waals surface area contributed by atoms with E-state index < -0.39 is 17.6 Å². The molecular weight excluding hydrogens is 445 g/mol. The number of rotatable bonds is 7. The maximum atomic E-state index is 13.6. The molecule has 4 N–H and O–H groups in total. The van der Waals surface area contributed by atoms with Gasteiger partial charge >= 0.3 is 6.18 Å². The molecule has 10 heteroatoms. The van der Waals surface area contributed by atoms with E-state index in [0.717, 1.165) is 38.1 Å². The van der Waals surface area contributed by atoms with E-state index in [-0.39, 0.29) is 24.5 Å². The number of aryl methyl sites for hydroxylation is 2. The van der Waals surface area contributed by atoms with Crippen molar-refractivity contribution in [2.24, 2.45) is 5.73 Å². The summed E-state index contributed by atoms with van der Waals surface area (Å²) < 4.78 is 40.7. The number of amides is 1. The first-order valence-corrected chi connectivity index (χ1v) is 10.9. The zero-order chi connectivity index (χ0) is 24.1. The number of hydrogen-bond acceptors (Lipinski definition) is 6. The van der Waals surface area contributed by atoms with E-state index in [1.807, 2.05) is 24.3 Å². The van der Waals surface area contributed by atoms with Gasteiger partial charge < -0.3 is 21.3 Å². The number of primary amides is 1. The Kier molecular flexibility index (Phi) is 6.97. The average Bonchev–Trinajstić information content (AvgIpc) is 2.83. The lowest BCUT2D eigenvalue weighted by atomic mass is 10.0. The van der Waals surface area contributed by atoms with Crippen LogP contribution in [0, 0.1) is 0 Å². The van der Waals surface area contributed by atoms with Gasteiger partial charge in [0.1, 0.15) is 0 Å². The highest BCUT2D eigenvalue weighted by Crippen LogP contribution is 2.32. The Labute approximate surface area is 195 Å². The maximum Gasteiger partial charge on any atom is 0.419 e. The Morgan fingerprint density at radius 3 is 2.50 bits per heavy atom. The van der Waals surface area contributed by atoms with Gasteiger partial charge in [0, 0.05) is 49.3 Å². The van der Waals surface area contributed by atoms with Crippen LogP contribution in [-0.2, 0) is 19.0 Å². The van der Waals surface area contributed by atoms with E-state index in [1.165, 1.54) is 0 Å². The first-order valence-electron chi connectivity index (χ1n) is 10.9. The molecule has 0 aliphatic carbocycles. The molecule has 178 valence electrons. The molecule has 0 radical (unpaired) electrons. The minimum absolute atomic E-state index is 0.0240. The van der Waals surface area contributed by atoms with Gasteiger partial charge in [-0.15, -0.1) is 0 Å². The predicted molar refractivity (Wildman–Crippen MR) is 124 cm³/mol. The monoisotopic (exact) mass is 470 g/mol. The standard InChI is InChI=1S/C24H25F3N6O/c25-24(26,27)20-15-30-23(31-18-5-7-19(8-6-18)33-12-10-29-11-13-33)32-21(20)9-4-16-2-1-3-17(14-16)22(28)34/h1-3,5-8,14-15,29H,4,9-13H2,(H2,28,34)(H,30,31,32). The van der Waals surface area contributed by atoms with Gasteiger partial charge in [0.05, 0.1) is 11.3 Å². The number of nitrogens with zero attached hydrogens (tertiary/aromatic N) is 3. The lowest BCUT2D eigenvalue weighted by molar-refractivity contribution is -0.138. The number of carbonyl (C=O) groups excluding carboxylic acids is 1. The molecule has 0 saturated carbocycles. The van der Waals surface area contributed by atoms with Crippen LogP contribution >= 0.6 is 0 Å². The third-order valence-electron chi connectivity index (χ3n) is 5.64. The second-order valence-corrected chi connectivity index (χ2v) is 8.03. The number of piperazine rings is 1. The number of aromatic nitrogens is 2. The number of alkyl halides is 3. The van der Waals surface area contributed by atoms with Crippen LogP contribution in [0.5, 0.6) is 0 Å². The quantitative estimate of drug-likeness (QED) is 0.489. The van der Waals surface area contributed by atoms with Gasteiger partial charge in [0.2, 0.25) is 11.9 Å². The molecule has 3 aromatic rings. The smallest absolute Gasteiger partial charge is 0.369 e. The molecule has 0 atom stereocenters. The van der Waals surface area contributed by atoms with Crippen molar-refractivity contribution in [3.05, 3.63) is 77.1 Å². The normalized spacial score (nSPS) is 14.1. The molecule has 1 saturated heterocycles. The van der Waals surface area contributed by atoms with E-state index in [4.69, 9.17) is 5.73 Å². The fourth-order valence-electron chi connectivity index (χ4n) is 3.86. The number of benzene rings is 2. The highest BCUT2D eigenvalue weighted by molar-refractivity contribution is 5.92. The molecule has 7 nitrogen and oxygen atoms in total. The largest absolute Gasteiger partial charge is 0.419 e. The SMILES string of the molecule is NC(=O)c1cccc(CCc2nc(Nc3ccc(N4CCNCC4)cc3)ncc2C(F)(F)F)c1. The van der Waals surface area contributed by atoms with Crippen LogP contribution in [0.1, 0.15) is 27.2 Å². The number of nitrogens with two attached hydrogens (primary N) is 1. The molecule has 2 aromatic carbocycles. The third kappa shape index (κ3) is 5.82. The van der Waals surface area contributed by atoms with Crippen molar-refractivity contribution in [1.29, 1.82) is 0 Å². The van der Waals surface area contributed by atoms with Gasteiger partial charge in [-0.2, -0.15) is 13.2 Å². The number of halogens is 3. The summed E-state index contributed by atoms with van der Waals surface area (Å²) in [5.74, 6) is -0.502. The molecule has 34 heavy (non-hydrogen) atoms. The summed E-state index contributed by atoms with van der Waals surface area (Å²) in [7, 11) is 0. The van der Waals surface area contributed by atoms with Crippen molar-refractivity contribution in [1.82, 2.24) is 15.3 Å². The summed E-state index contributed by atoms with van der Waals surface area (Å²) in [4.78, 5) is 21.7. The van der Waals surface area contributed by atoms with Crippen molar-refractivity contribution in [3.63, 3.8) is 0 Å². The van der Waals surface area contributed by atoms with Gasteiger partial charge in [-0.05, 0) is 54.8 Å². The maximum absolute atomic E-state index is 13.6. The molecule has 2 heterocycles. The highest BCUT2D eigenvalue weighted by Gasteiger charge is 2.34. The van der Waals surface area contributed by atoms with E-state index in [1.54, 1.807) is 24.3 Å². The van der Waals surface area contributed by atoms with E-state index >= 15 is 0 Å². The number of anilines is 3. The average molecular weight is 470 g/mol. The van der Waals surface area contributed by atoms with Crippen molar-refractivity contribution >= 4 is 23.2 Å². The number of carbonyl (C=O) groups is 1. The number of nitrogens with one attached hydrogen (secondary N) is 2. The summed E-state index contributed by atoms with van der Waals surface area (Å²) in [6.45, 7) is 3.69. The molecule has 4 rings (SSSR count). The molecule has 0 bridgehead atoms. The topological polar surface area (TPSA) is 96.2 Å². The molecular formula is C24H25F3N6O. The first kappa shape index (κ1) is 23.5. The summed E-state index contributed by atoms with van der Waals surface area (Å²) >= 11 is 0. The second kappa shape index (κ2) is 10.1. The Morgan fingerprint density at radius 2 is 1.82 bits per heavy atom. The fourth-order valence-corrected chi connectivity index (χ4v) is 3.86. The van der Waals surface area contributed by atoms with E-state index in [2.05, 4.69) is 25.5 Å². The Bertz CT molecular complexity index is 1140. The first-order chi connectivity index (χ1) is 16.3. The van der Waals surface area contributed by atoms with Gasteiger partial charge in [-0.1, -0.05) is 12.1 Å². The van der Waals surface area contributed by atoms with E-state index in [0.29, 0.717) is 16.8 Å². The van der Waals surface area contributed by atoms with Gasteiger partial charge in [0.25, 0.3) is 0 Å². The third-order valence-corrected chi connectivity index (χ3v) is 5.64. The number of hydrogen-bond donors (Lipinski definition) is 3. The van der Waals surface area contributed by atoms with Gasteiger partial charge in [-0.3, -0.25) is 4.79 Å². The molecule has 1 aliphatic heterocycles. The lowest BCUT2D eigenvalue weighted by Crippen LogP contribution is -2.43. The zero-order valence-electron chi connectivity index (χ0n) is 18.4. The minimum Gasteiger partial charge on any atom is -0.369 e. The highest BCUT2D eigenvalue weighted by atomic mass is 19.4. The summed E-state index contributed by atoms with van der Waals surface area (Å²) in [6, 6.07) is 14.2. The molecule has 1 aliphatic rings. The molecule has 1 fully saturated rings. The Morgan fingerprint density at radius 1 is 1.09 bits per heavy atom. The van der Waals surface area contributed by atoms with Crippen molar-refractivity contribution in [2.75, 3.05) is 36.4 Å². The molecule has 0 unspecified atom stereocenters. The summed E-state index contributed by atoms with van der Waals surface area (Å²) in [5, 5.41) is 6.30. The summed E-state index contributed by atoms with van der Waals surface area (Å²) in [6.07, 6.45) is -3.48. The second-order valence-electron chi connectivity index (χ2n) is 8.03. The molecule has 1 aromatic heterocycles.